The van der Waals surface area contributed by atoms with E-state index in [0.717, 1.165) is 0 Å². The topological polar surface area (TPSA) is 26.3 Å². The van der Waals surface area contributed by atoms with Crippen molar-refractivity contribution in [2.75, 3.05) is 0 Å². The molecule has 1 aromatic rings. The van der Waals surface area contributed by atoms with Crippen LogP contribution in [0.4, 0.5) is 13.2 Å². The molecule has 0 aliphatic carbocycles. The molecule has 0 unspecified atom stereocenters. The Bertz CT molecular complexity index is 363. The third-order valence-corrected chi connectivity index (χ3v) is 2.02. The highest BCUT2D eigenvalue weighted by Gasteiger charge is 2.29. The molecule has 0 atom stereocenters. The Morgan fingerprint density at radius 1 is 1.40 bits per heavy atom. The molecule has 0 saturated heterocycles. The van der Waals surface area contributed by atoms with Crippen molar-refractivity contribution in [3.63, 3.8) is 0 Å². The van der Waals surface area contributed by atoms with E-state index in [2.05, 4.69) is 4.74 Å². The highest BCUT2D eigenvalue weighted by atomic mass is 32.2. The van der Waals surface area contributed by atoms with Gasteiger partial charge in [0, 0.05) is 11.8 Å². The lowest BCUT2D eigenvalue weighted by Gasteiger charge is -2.06. The van der Waals surface area contributed by atoms with Crippen molar-refractivity contribution in [1.29, 1.82) is 0 Å². The van der Waals surface area contributed by atoms with E-state index in [0.29, 0.717) is 0 Å². The second-order valence-electron chi connectivity index (χ2n) is 2.62. The lowest BCUT2D eigenvalue weighted by Crippen LogP contribution is -2.02. The molecule has 0 aliphatic rings. The molecular formula is C9H7F3O2S. The average Bonchev–Trinajstić information content (AvgIpc) is 1.99. The van der Waals surface area contributed by atoms with Crippen LogP contribution in [-0.4, -0.2) is 11.5 Å². The van der Waals surface area contributed by atoms with Crippen molar-refractivity contribution in [2.24, 2.45) is 0 Å². The van der Waals surface area contributed by atoms with Crippen LogP contribution < -0.4 is 4.74 Å². The number of carbonyl (C=O) groups is 1. The monoisotopic (exact) mass is 236 g/mol. The van der Waals surface area contributed by atoms with Gasteiger partial charge < -0.3 is 4.74 Å². The summed E-state index contributed by atoms with van der Waals surface area (Å²) in [6, 6.07) is 5.28. The summed E-state index contributed by atoms with van der Waals surface area (Å²) in [6.45, 7) is 1.18. The van der Waals surface area contributed by atoms with Crippen molar-refractivity contribution < 1.29 is 22.7 Å². The Kier molecular flexibility index (Phi) is 3.62. The zero-order chi connectivity index (χ0) is 11.5. The average molecular weight is 236 g/mol. The molecule has 0 fully saturated rings. The van der Waals surface area contributed by atoms with E-state index in [4.69, 9.17) is 0 Å². The Morgan fingerprint density at radius 2 is 2.07 bits per heavy atom. The van der Waals surface area contributed by atoms with Crippen LogP contribution in [0.1, 0.15) is 6.92 Å². The Balaban J connectivity index is 2.79. The lowest BCUT2D eigenvalue weighted by atomic mass is 10.3. The molecule has 0 heterocycles. The first kappa shape index (κ1) is 11.9. The first-order valence-corrected chi connectivity index (χ1v) is 4.73. The van der Waals surface area contributed by atoms with Gasteiger partial charge in [0.25, 0.3) is 0 Å². The van der Waals surface area contributed by atoms with Gasteiger partial charge in [-0.3, -0.25) is 4.79 Å². The Morgan fingerprint density at radius 3 is 2.60 bits per heavy atom. The van der Waals surface area contributed by atoms with Crippen LogP contribution in [0.5, 0.6) is 5.75 Å². The predicted octanol–water partition coefficient (Wildman–Crippen LogP) is 3.22. The molecule has 0 bridgehead atoms. The lowest BCUT2D eigenvalue weighted by molar-refractivity contribution is -0.131. The van der Waals surface area contributed by atoms with E-state index in [-0.39, 0.29) is 22.4 Å². The minimum atomic E-state index is -4.34. The van der Waals surface area contributed by atoms with Crippen LogP contribution in [0.2, 0.25) is 0 Å². The second-order valence-corrected chi connectivity index (χ2v) is 3.75. The molecule has 1 aromatic carbocycles. The highest BCUT2D eigenvalue weighted by molar-refractivity contribution is 8.00. The summed E-state index contributed by atoms with van der Waals surface area (Å²) >= 11 is -0.249. The number of thioether (sulfide) groups is 1. The van der Waals surface area contributed by atoms with Gasteiger partial charge in [-0.15, -0.1) is 0 Å². The second kappa shape index (κ2) is 4.57. The maximum Gasteiger partial charge on any atom is 0.446 e. The number of hydrogen-bond acceptors (Lipinski definition) is 3. The van der Waals surface area contributed by atoms with Gasteiger partial charge in [-0.1, -0.05) is 6.07 Å². The summed E-state index contributed by atoms with van der Waals surface area (Å²) < 4.78 is 40.6. The van der Waals surface area contributed by atoms with Gasteiger partial charge in [0.15, 0.2) is 0 Å². The van der Waals surface area contributed by atoms with Crippen LogP contribution in [-0.2, 0) is 4.79 Å². The van der Waals surface area contributed by atoms with Crippen molar-refractivity contribution in [3.8, 4) is 5.75 Å². The van der Waals surface area contributed by atoms with Gasteiger partial charge in [-0.2, -0.15) is 13.2 Å². The van der Waals surface area contributed by atoms with Crippen LogP contribution in [0.15, 0.2) is 29.2 Å². The third kappa shape index (κ3) is 4.73. The number of hydrogen-bond donors (Lipinski definition) is 0. The standard InChI is InChI=1S/C9H7F3O2S/c1-6(13)14-7-3-2-4-8(5-7)15-9(10,11)12/h2-5H,1H3. The summed E-state index contributed by atoms with van der Waals surface area (Å²) in [7, 11) is 0. The molecule has 82 valence electrons. The first-order chi connectivity index (χ1) is 6.87. The maximum absolute atomic E-state index is 12.0. The fourth-order valence-corrected chi connectivity index (χ4v) is 1.49. The SMILES string of the molecule is CC(=O)Oc1cccc(SC(F)(F)F)c1. The third-order valence-electron chi connectivity index (χ3n) is 1.30. The number of benzene rings is 1. The fourth-order valence-electron chi connectivity index (χ4n) is 0.901. The highest BCUT2D eigenvalue weighted by Crippen LogP contribution is 2.37. The predicted molar refractivity (Wildman–Crippen MR) is 49.7 cm³/mol. The summed E-state index contributed by atoms with van der Waals surface area (Å²) in [5.74, 6) is -0.457. The number of carbonyl (C=O) groups excluding carboxylic acids is 1. The quantitative estimate of drug-likeness (QED) is 0.448. The van der Waals surface area contributed by atoms with E-state index < -0.39 is 11.5 Å². The minimum Gasteiger partial charge on any atom is -0.427 e. The first-order valence-electron chi connectivity index (χ1n) is 3.91. The van der Waals surface area contributed by atoms with Crippen molar-refractivity contribution in [3.05, 3.63) is 24.3 Å². The molecule has 0 N–H and O–H groups in total. The van der Waals surface area contributed by atoms with Crippen molar-refractivity contribution in [2.45, 2.75) is 17.3 Å². The van der Waals surface area contributed by atoms with Gasteiger partial charge in [-0.05, 0) is 30.0 Å². The fraction of sp³-hybridized carbons (Fsp3) is 0.222. The summed E-state index contributed by atoms with van der Waals surface area (Å²) in [4.78, 5) is 10.5. The van der Waals surface area contributed by atoms with E-state index in [9.17, 15) is 18.0 Å². The number of ether oxygens (including phenoxy) is 1. The summed E-state index contributed by atoms with van der Waals surface area (Å²) in [6.07, 6.45) is 0. The molecule has 0 spiro atoms. The van der Waals surface area contributed by atoms with Gasteiger partial charge in [-0.25, -0.2) is 0 Å². The van der Waals surface area contributed by atoms with Crippen LogP contribution in [0, 0.1) is 0 Å². The molecule has 0 saturated carbocycles. The van der Waals surface area contributed by atoms with E-state index in [1.165, 1.54) is 31.2 Å². The Labute approximate surface area is 88.4 Å². The number of halogens is 3. The smallest absolute Gasteiger partial charge is 0.427 e. The molecule has 0 amide bonds. The maximum atomic E-state index is 12.0. The summed E-state index contributed by atoms with van der Waals surface area (Å²) in [5.41, 5.74) is -4.34. The van der Waals surface area contributed by atoms with Gasteiger partial charge in [0.1, 0.15) is 5.75 Å². The van der Waals surface area contributed by atoms with E-state index >= 15 is 0 Å². The van der Waals surface area contributed by atoms with Crippen molar-refractivity contribution in [1.82, 2.24) is 0 Å². The zero-order valence-corrected chi connectivity index (χ0v) is 8.48. The number of esters is 1. The minimum absolute atomic E-state index is 0.0127. The molecular weight excluding hydrogens is 229 g/mol. The molecule has 15 heavy (non-hydrogen) atoms. The number of rotatable bonds is 2. The molecule has 6 heteroatoms. The van der Waals surface area contributed by atoms with Crippen LogP contribution in [0.25, 0.3) is 0 Å². The molecule has 0 aliphatic heterocycles. The number of alkyl halides is 3. The molecule has 1 rings (SSSR count). The van der Waals surface area contributed by atoms with E-state index in [1.807, 2.05) is 0 Å². The van der Waals surface area contributed by atoms with Crippen LogP contribution >= 0.6 is 11.8 Å². The van der Waals surface area contributed by atoms with Gasteiger partial charge in [0.05, 0.1) is 0 Å². The van der Waals surface area contributed by atoms with Crippen LogP contribution in [0.3, 0.4) is 0 Å². The normalized spacial score (nSPS) is 11.2. The largest absolute Gasteiger partial charge is 0.446 e. The van der Waals surface area contributed by atoms with E-state index in [1.54, 1.807) is 0 Å². The Hall–Kier alpha value is -1.17. The van der Waals surface area contributed by atoms with Gasteiger partial charge >= 0.3 is 11.5 Å². The summed E-state index contributed by atoms with van der Waals surface area (Å²) in [5, 5.41) is 0. The van der Waals surface area contributed by atoms with Crippen molar-refractivity contribution >= 4 is 17.7 Å². The molecule has 0 aromatic heterocycles. The van der Waals surface area contributed by atoms with Gasteiger partial charge in [0.2, 0.25) is 0 Å². The zero-order valence-electron chi connectivity index (χ0n) is 7.67. The molecule has 2 nitrogen and oxygen atoms in total. The molecule has 0 radical (unpaired) electrons.